The largest absolute Gasteiger partial charge is 0.490 e. The van der Waals surface area contributed by atoms with Crippen molar-refractivity contribution in [1.82, 2.24) is 0 Å². The van der Waals surface area contributed by atoms with Gasteiger partial charge >= 0.3 is 0 Å². The Bertz CT molecular complexity index is 371. The molecule has 0 amide bonds. The lowest BCUT2D eigenvalue weighted by atomic mass is 10.2. The van der Waals surface area contributed by atoms with Crippen LogP contribution in [-0.2, 0) is 0 Å². The summed E-state index contributed by atoms with van der Waals surface area (Å²) in [7, 11) is 0. The predicted molar refractivity (Wildman–Crippen MR) is 46.9 cm³/mol. The van der Waals surface area contributed by atoms with Gasteiger partial charge in [0.2, 0.25) is 0 Å². The number of ether oxygens (including phenoxy) is 1. The highest BCUT2D eigenvalue weighted by Crippen LogP contribution is 2.21. The van der Waals surface area contributed by atoms with Gasteiger partial charge in [-0.1, -0.05) is 6.92 Å². The van der Waals surface area contributed by atoms with E-state index in [-0.39, 0.29) is 11.3 Å². The van der Waals surface area contributed by atoms with E-state index in [1.807, 2.05) is 6.92 Å². The van der Waals surface area contributed by atoms with E-state index in [0.717, 1.165) is 12.1 Å². The summed E-state index contributed by atoms with van der Waals surface area (Å²) >= 11 is 0. The summed E-state index contributed by atoms with van der Waals surface area (Å²) in [6, 6.07) is 3.27. The Morgan fingerprint density at radius 2 is 2.07 bits per heavy atom. The summed E-state index contributed by atoms with van der Waals surface area (Å²) in [6.45, 7) is 2.18. The molecule has 74 valence electrons. The number of hydrogen-bond donors (Lipinski definition) is 0. The van der Waals surface area contributed by atoms with Crippen LogP contribution < -0.4 is 4.74 Å². The van der Waals surface area contributed by atoms with Crippen LogP contribution in [0.5, 0.6) is 5.75 Å². The standard InChI is InChI=1S/C10H9F2NO/c1-2-3-14-10-5-8(11)7(6-13)4-9(10)12/h4-5H,2-3H2,1H3. The third-order valence-corrected chi connectivity index (χ3v) is 1.60. The third-order valence-electron chi connectivity index (χ3n) is 1.60. The molecule has 1 aromatic rings. The topological polar surface area (TPSA) is 33.0 Å². The average molecular weight is 197 g/mol. The first-order chi connectivity index (χ1) is 6.69. The van der Waals surface area contributed by atoms with Gasteiger partial charge in [0.1, 0.15) is 11.9 Å². The van der Waals surface area contributed by atoms with Crippen LogP contribution in [0.25, 0.3) is 0 Å². The van der Waals surface area contributed by atoms with Crippen LogP contribution in [0.15, 0.2) is 12.1 Å². The third kappa shape index (κ3) is 2.19. The number of halogens is 2. The summed E-state index contributed by atoms with van der Waals surface area (Å²) in [5, 5.41) is 8.41. The molecule has 0 spiro atoms. The van der Waals surface area contributed by atoms with Crippen molar-refractivity contribution in [3.8, 4) is 11.8 Å². The molecule has 2 nitrogen and oxygen atoms in total. The van der Waals surface area contributed by atoms with E-state index < -0.39 is 11.6 Å². The van der Waals surface area contributed by atoms with E-state index in [2.05, 4.69) is 0 Å². The van der Waals surface area contributed by atoms with Crippen molar-refractivity contribution in [3.63, 3.8) is 0 Å². The van der Waals surface area contributed by atoms with Crippen LogP contribution in [0.3, 0.4) is 0 Å². The fourth-order valence-corrected chi connectivity index (χ4v) is 0.937. The predicted octanol–water partition coefficient (Wildman–Crippen LogP) is 2.63. The number of rotatable bonds is 3. The first kappa shape index (κ1) is 10.5. The Morgan fingerprint density at radius 1 is 1.36 bits per heavy atom. The van der Waals surface area contributed by atoms with Crippen molar-refractivity contribution < 1.29 is 13.5 Å². The second kappa shape index (κ2) is 4.56. The normalized spacial score (nSPS) is 9.57. The SMILES string of the molecule is CCCOc1cc(F)c(C#N)cc1F. The molecular formula is C10H9F2NO. The number of benzene rings is 1. The van der Waals surface area contributed by atoms with Crippen LogP contribution in [0.1, 0.15) is 18.9 Å². The molecular weight excluding hydrogens is 188 g/mol. The highest BCUT2D eigenvalue weighted by atomic mass is 19.1. The zero-order valence-corrected chi connectivity index (χ0v) is 7.68. The minimum Gasteiger partial charge on any atom is -0.490 e. The molecule has 0 aliphatic carbocycles. The minimum absolute atomic E-state index is 0.150. The lowest BCUT2D eigenvalue weighted by Gasteiger charge is -2.05. The van der Waals surface area contributed by atoms with Crippen molar-refractivity contribution in [2.45, 2.75) is 13.3 Å². The molecule has 1 rings (SSSR count). The Kier molecular flexibility index (Phi) is 3.41. The molecule has 0 N–H and O–H groups in total. The maximum absolute atomic E-state index is 13.1. The van der Waals surface area contributed by atoms with Gasteiger partial charge in [-0.3, -0.25) is 0 Å². The maximum Gasteiger partial charge on any atom is 0.166 e. The highest BCUT2D eigenvalue weighted by molar-refractivity contribution is 5.37. The summed E-state index contributed by atoms with van der Waals surface area (Å²) in [6.07, 6.45) is 0.709. The van der Waals surface area contributed by atoms with Gasteiger partial charge in [-0.2, -0.15) is 5.26 Å². The van der Waals surface area contributed by atoms with E-state index >= 15 is 0 Å². The molecule has 4 heteroatoms. The molecule has 0 heterocycles. The van der Waals surface area contributed by atoms with Gasteiger partial charge in [-0.25, -0.2) is 8.78 Å². The lowest BCUT2D eigenvalue weighted by molar-refractivity contribution is 0.299. The molecule has 0 bridgehead atoms. The van der Waals surface area contributed by atoms with Gasteiger partial charge < -0.3 is 4.74 Å². The van der Waals surface area contributed by atoms with E-state index in [0.29, 0.717) is 13.0 Å². The van der Waals surface area contributed by atoms with Crippen molar-refractivity contribution >= 4 is 0 Å². The maximum atomic E-state index is 13.1. The van der Waals surface area contributed by atoms with Crippen LogP contribution in [0.4, 0.5) is 8.78 Å². The van der Waals surface area contributed by atoms with Crippen LogP contribution in [0.2, 0.25) is 0 Å². The van der Waals surface area contributed by atoms with Crippen molar-refractivity contribution in [1.29, 1.82) is 5.26 Å². The molecule has 0 fully saturated rings. The van der Waals surface area contributed by atoms with Crippen LogP contribution in [-0.4, -0.2) is 6.61 Å². The Balaban J connectivity index is 2.98. The molecule has 1 aromatic carbocycles. The van der Waals surface area contributed by atoms with E-state index in [1.165, 1.54) is 0 Å². The number of hydrogen-bond acceptors (Lipinski definition) is 2. The summed E-state index contributed by atoms with van der Waals surface area (Å²) in [5.74, 6) is -1.63. The van der Waals surface area contributed by atoms with Gasteiger partial charge in [0.05, 0.1) is 12.2 Å². The Morgan fingerprint density at radius 3 is 2.64 bits per heavy atom. The quantitative estimate of drug-likeness (QED) is 0.746. The second-order valence-electron chi connectivity index (χ2n) is 2.72. The first-order valence-electron chi connectivity index (χ1n) is 4.21. The fourth-order valence-electron chi connectivity index (χ4n) is 0.937. The zero-order chi connectivity index (χ0) is 10.6. The number of nitriles is 1. The van der Waals surface area contributed by atoms with Gasteiger partial charge in [-0.15, -0.1) is 0 Å². The van der Waals surface area contributed by atoms with Gasteiger partial charge in [-0.05, 0) is 12.5 Å². The molecule has 0 saturated carbocycles. The van der Waals surface area contributed by atoms with E-state index in [4.69, 9.17) is 10.00 Å². The first-order valence-corrected chi connectivity index (χ1v) is 4.21. The van der Waals surface area contributed by atoms with Gasteiger partial charge in [0.25, 0.3) is 0 Å². The summed E-state index contributed by atoms with van der Waals surface area (Å²) in [5.41, 5.74) is -0.314. The van der Waals surface area contributed by atoms with Gasteiger partial charge in [0, 0.05) is 6.07 Å². The Labute approximate surface area is 80.7 Å². The fraction of sp³-hybridized carbons (Fsp3) is 0.300. The monoisotopic (exact) mass is 197 g/mol. The molecule has 0 saturated heterocycles. The van der Waals surface area contributed by atoms with Crippen molar-refractivity contribution in [2.75, 3.05) is 6.61 Å². The molecule has 0 atom stereocenters. The average Bonchev–Trinajstić information content (AvgIpc) is 2.18. The molecule has 0 aromatic heterocycles. The molecule has 14 heavy (non-hydrogen) atoms. The van der Waals surface area contributed by atoms with Crippen LogP contribution >= 0.6 is 0 Å². The second-order valence-corrected chi connectivity index (χ2v) is 2.72. The lowest BCUT2D eigenvalue weighted by Crippen LogP contribution is -1.99. The van der Waals surface area contributed by atoms with Crippen molar-refractivity contribution in [3.05, 3.63) is 29.3 Å². The molecule has 0 unspecified atom stereocenters. The Hall–Kier alpha value is -1.63. The molecule has 0 aliphatic rings. The zero-order valence-electron chi connectivity index (χ0n) is 7.68. The van der Waals surface area contributed by atoms with Crippen molar-refractivity contribution in [2.24, 2.45) is 0 Å². The highest BCUT2D eigenvalue weighted by Gasteiger charge is 2.10. The van der Waals surface area contributed by atoms with E-state index in [9.17, 15) is 8.78 Å². The minimum atomic E-state index is -0.764. The smallest absolute Gasteiger partial charge is 0.166 e. The van der Waals surface area contributed by atoms with E-state index in [1.54, 1.807) is 6.07 Å². The summed E-state index contributed by atoms with van der Waals surface area (Å²) < 4.78 is 31.0. The molecule has 0 radical (unpaired) electrons. The molecule has 0 aliphatic heterocycles. The van der Waals surface area contributed by atoms with Gasteiger partial charge in [0.15, 0.2) is 11.6 Å². The number of nitrogens with zero attached hydrogens (tertiary/aromatic N) is 1. The summed E-state index contributed by atoms with van der Waals surface area (Å²) in [4.78, 5) is 0. The van der Waals surface area contributed by atoms with Crippen LogP contribution in [0, 0.1) is 23.0 Å².